The quantitative estimate of drug-likeness (QED) is 0.110. The summed E-state index contributed by atoms with van der Waals surface area (Å²) in [5.41, 5.74) is 4.84. The van der Waals surface area contributed by atoms with Gasteiger partial charge in [0.2, 0.25) is 11.8 Å². The second-order valence-corrected chi connectivity index (χ2v) is 17.8. The molecule has 0 saturated carbocycles. The Bertz CT molecular complexity index is 2570. The summed E-state index contributed by atoms with van der Waals surface area (Å²) in [5.74, 6) is 7.59. The number of carbonyl (C=O) groups is 4. The number of ether oxygens (including phenoxy) is 2. The van der Waals surface area contributed by atoms with Crippen molar-refractivity contribution < 1.29 is 28.7 Å². The minimum absolute atomic E-state index is 0.114. The van der Waals surface area contributed by atoms with Crippen molar-refractivity contribution >= 4 is 67.1 Å². The molecule has 5 aromatic rings. The largest absolute Gasteiger partial charge is 0.453 e. The number of aromatic amines is 2. The second kappa shape index (κ2) is 17.0. The van der Waals surface area contributed by atoms with Crippen molar-refractivity contribution in [1.29, 1.82) is 0 Å². The first-order chi connectivity index (χ1) is 29.0. The number of amides is 4. The van der Waals surface area contributed by atoms with Crippen LogP contribution in [0.15, 0.2) is 59.5 Å². The van der Waals surface area contributed by atoms with E-state index in [1.165, 1.54) is 14.2 Å². The third-order valence-electron chi connectivity index (χ3n) is 11.8. The van der Waals surface area contributed by atoms with Crippen LogP contribution in [0.3, 0.4) is 0 Å². The van der Waals surface area contributed by atoms with E-state index in [0.29, 0.717) is 31.0 Å². The first kappa shape index (κ1) is 40.8. The summed E-state index contributed by atoms with van der Waals surface area (Å²) in [6, 6.07) is 4.19. The lowest BCUT2D eigenvalue weighted by Crippen LogP contribution is -2.56. The van der Waals surface area contributed by atoms with E-state index in [0.717, 1.165) is 68.6 Å². The highest BCUT2D eigenvalue weighted by Crippen LogP contribution is 2.42. The van der Waals surface area contributed by atoms with Crippen LogP contribution in [0.25, 0.3) is 31.6 Å². The van der Waals surface area contributed by atoms with Crippen molar-refractivity contribution in [2.75, 3.05) is 27.3 Å². The van der Waals surface area contributed by atoms with Gasteiger partial charge in [-0.2, -0.15) is 0 Å². The molecular formula is C44H48N8O6S2. The Kier molecular flexibility index (Phi) is 11.6. The highest BCUT2D eigenvalue weighted by molar-refractivity contribution is 7.27. The van der Waals surface area contributed by atoms with Crippen molar-refractivity contribution in [3.05, 3.63) is 82.4 Å². The molecule has 2 aliphatic heterocycles. The van der Waals surface area contributed by atoms with E-state index in [1.807, 2.05) is 60.9 Å². The summed E-state index contributed by atoms with van der Waals surface area (Å²) < 4.78 is 11.9. The van der Waals surface area contributed by atoms with E-state index in [4.69, 9.17) is 14.5 Å². The van der Waals surface area contributed by atoms with Gasteiger partial charge in [0.05, 0.1) is 58.5 Å². The number of thiophene rings is 2. The van der Waals surface area contributed by atoms with E-state index in [9.17, 15) is 19.2 Å². The first-order valence-corrected chi connectivity index (χ1v) is 21.9. The molecule has 1 aromatic carbocycles. The SMILES string of the molecule is COC(=O)NC(C(=O)N1CCCC1c1nc2ccc(-c3csc4c(C#Cc5cnc(C6CCCN6C(=O)C(NC(=O)OC)C6(C)C=CC=CC6)[nH]5)csc34)cc2[nH]1)C(C)C. The van der Waals surface area contributed by atoms with Gasteiger partial charge >= 0.3 is 12.2 Å². The van der Waals surface area contributed by atoms with Crippen molar-refractivity contribution in [2.45, 2.75) is 77.0 Å². The fourth-order valence-electron chi connectivity index (χ4n) is 8.48. The number of alkyl carbamates (subject to hydrolysis) is 2. The Balaban J connectivity index is 0.980. The van der Waals surface area contributed by atoms with Gasteiger partial charge in [-0.05, 0) is 61.6 Å². The molecule has 0 spiro atoms. The van der Waals surface area contributed by atoms with Crippen LogP contribution in [-0.4, -0.2) is 93.1 Å². The zero-order valence-corrected chi connectivity index (χ0v) is 35.8. The third kappa shape index (κ3) is 7.91. The maximum absolute atomic E-state index is 14.1. The maximum Gasteiger partial charge on any atom is 0.407 e. The Hall–Kier alpha value is -5.92. The summed E-state index contributed by atoms with van der Waals surface area (Å²) in [5, 5.41) is 9.76. The van der Waals surface area contributed by atoms with E-state index in [-0.39, 0.29) is 29.8 Å². The van der Waals surface area contributed by atoms with Crippen LogP contribution in [0.2, 0.25) is 0 Å². The topological polar surface area (TPSA) is 175 Å². The fourth-order valence-corrected chi connectivity index (χ4v) is 10.8. The van der Waals surface area contributed by atoms with E-state index in [1.54, 1.807) is 28.9 Å². The number of hydrogen-bond donors (Lipinski definition) is 4. The highest BCUT2D eigenvalue weighted by Gasteiger charge is 2.44. The lowest BCUT2D eigenvalue weighted by Gasteiger charge is -2.38. The van der Waals surface area contributed by atoms with Crippen LogP contribution < -0.4 is 10.6 Å². The number of likely N-dealkylation sites (tertiary alicyclic amines) is 2. The van der Waals surface area contributed by atoms with Gasteiger partial charge in [0.15, 0.2) is 0 Å². The molecule has 4 amide bonds. The van der Waals surface area contributed by atoms with Gasteiger partial charge in [0.25, 0.3) is 0 Å². The van der Waals surface area contributed by atoms with Crippen LogP contribution >= 0.6 is 22.7 Å². The van der Waals surface area contributed by atoms with E-state index in [2.05, 4.69) is 60.3 Å². The Morgan fingerprint density at radius 3 is 2.33 bits per heavy atom. The molecule has 0 radical (unpaired) electrons. The molecule has 5 atom stereocenters. The molecule has 8 rings (SSSR count). The highest BCUT2D eigenvalue weighted by atomic mass is 32.1. The zero-order chi connectivity index (χ0) is 42.1. The van der Waals surface area contributed by atoms with Crippen LogP contribution in [-0.2, 0) is 19.1 Å². The zero-order valence-electron chi connectivity index (χ0n) is 34.2. The molecule has 16 heteroatoms. The Morgan fingerprint density at radius 2 is 1.62 bits per heavy atom. The molecule has 2 saturated heterocycles. The number of nitrogens with one attached hydrogen (secondary N) is 4. The smallest absolute Gasteiger partial charge is 0.407 e. The molecule has 14 nitrogen and oxygen atoms in total. The maximum atomic E-state index is 14.1. The molecule has 312 valence electrons. The van der Waals surface area contributed by atoms with Crippen molar-refractivity contribution in [3.63, 3.8) is 0 Å². The third-order valence-corrected chi connectivity index (χ3v) is 13.9. The van der Waals surface area contributed by atoms with Crippen molar-refractivity contribution in [1.82, 2.24) is 40.4 Å². The van der Waals surface area contributed by atoms with E-state index < -0.39 is 29.7 Å². The molecule has 6 heterocycles. The van der Waals surface area contributed by atoms with Gasteiger partial charge in [0.1, 0.15) is 29.4 Å². The molecule has 4 N–H and O–H groups in total. The van der Waals surface area contributed by atoms with Crippen LogP contribution in [0.1, 0.15) is 87.9 Å². The minimum Gasteiger partial charge on any atom is -0.453 e. The van der Waals surface area contributed by atoms with Gasteiger partial charge in [-0.25, -0.2) is 19.6 Å². The van der Waals surface area contributed by atoms with Gasteiger partial charge in [0, 0.05) is 34.8 Å². The molecular weight excluding hydrogens is 801 g/mol. The average Bonchev–Trinajstić information content (AvgIpc) is 4.11. The second-order valence-electron chi connectivity index (χ2n) is 16.0. The number of H-pyrrole nitrogens is 2. The number of fused-ring (bicyclic) bond motifs is 2. The Morgan fingerprint density at radius 1 is 0.900 bits per heavy atom. The first-order valence-electron chi connectivity index (χ1n) is 20.2. The summed E-state index contributed by atoms with van der Waals surface area (Å²) >= 11 is 3.30. The van der Waals surface area contributed by atoms with Crippen molar-refractivity contribution in [3.8, 4) is 23.0 Å². The summed E-state index contributed by atoms with van der Waals surface area (Å²) in [7, 11) is 2.59. The molecule has 3 aliphatic rings. The number of aromatic nitrogens is 4. The minimum atomic E-state index is -0.807. The normalized spacial score (nSPS) is 21.0. The number of rotatable bonds is 9. The number of allylic oxidation sites excluding steroid dienone is 3. The predicted octanol–water partition coefficient (Wildman–Crippen LogP) is 7.58. The number of carbonyl (C=O) groups excluding carboxylic acids is 4. The lowest BCUT2D eigenvalue weighted by atomic mass is 9.76. The monoisotopic (exact) mass is 848 g/mol. The lowest BCUT2D eigenvalue weighted by molar-refractivity contribution is -0.137. The number of methoxy groups -OCH3 is 2. The van der Waals surface area contributed by atoms with Crippen molar-refractivity contribution in [2.24, 2.45) is 11.3 Å². The average molecular weight is 849 g/mol. The molecule has 60 heavy (non-hydrogen) atoms. The molecule has 4 aromatic heterocycles. The van der Waals surface area contributed by atoms with Crippen LogP contribution in [0, 0.1) is 23.2 Å². The summed E-state index contributed by atoms with van der Waals surface area (Å²) in [6.07, 6.45) is 12.0. The molecule has 0 bridgehead atoms. The fraction of sp³-hybridized carbons (Fsp3) is 0.409. The standard InChI is InChI=1S/C44H48N8O6S2/c1-25(2)34(49-42(55)57-4)40(53)51-19-10-12-33(51)39-47-30-16-14-26(21-31(30)48-39)29-24-60-35-27(23-59-36(29)35)13-15-28-22-45-38(46-28)32-11-9-20-52(32)41(54)37(50-43(56)58-5)44(3)17-7-6-8-18-44/h6-8,14,16-17,21-25,32-34,37H,9-12,18-20H2,1-5H3,(H,45,46)(H,47,48)(H,49,55)(H,50,56). The van der Waals surface area contributed by atoms with Gasteiger partial charge in [-0.1, -0.05) is 57.1 Å². The van der Waals surface area contributed by atoms with Crippen LogP contribution in [0.5, 0.6) is 0 Å². The number of hydrogen-bond acceptors (Lipinski definition) is 10. The number of imidazole rings is 2. The van der Waals surface area contributed by atoms with Crippen LogP contribution in [0.4, 0.5) is 9.59 Å². The van der Waals surface area contributed by atoms with Gasteiger partial charge < -0.3 is 39.9 Å². The molecule has 2 fully saturated rings. The molecule has 5 unspecified atom stereocenters. The number of nitrogens with zero attached hydrogens (tertiary/aromatic N) is 4. The molecule has 1 aliphatic carbocycles. The summed E-state index contributed by atoms with van der Waals surface area (Å²) in [6.45, 7) is 6.92. The summed E-state index contributed by atoms with van der Waals surface area (Å²) in [4.78, 5) is 72.3. The van der Waals surface area contributed by atoms with Gasteiger partial charge in [-0.3, -0.25) is 9.59 Å². The number of benzene rings is 1. The predicted molar refractivity (Wildman–Crippen MR) is 231 cm³/mol. The Labute approximate surface area is 355 Å². The van der Waals surface area contributed by atoms with E-state index >= 15 is 0 Å². The van der Waals surface area contributed by atoms with Gasteiger partial charge in [-0.15, -0.1) is 22.7 Å².